The lowest BCUT2D eigenvalue weighted by molar-refractivity contribution is 0.162. The number of nitrogens with one attached hydrogen (secondary N) is 1. The number of aromatic nitrogens is 2. The predicted molar refractivity (Wildman–Crippen MR) is 62.7 cm³/mol. The van der Waals surface area contributed by atoms with Crippen molar-refractivity contribution < 1.29 is 0 Å². The number of hydrogen-bond acceptors (Lipinski definition) is 2. The monoisotopic (exact) mass is 269 g/mol. The Bertz CT molecular complexity index is 345. The molecule has 2 aliphatic carbocycles. The second-order valence-corrected chi connectivity index (χ2v) is 5.64. The van der Waals surface area contributed by atoms with E-state index in [9.17, 15) is 0 Å². The highest BCUT2D eigenvalue weighted by molar-refractivity contribution is 9.10. The maximum Gasteiger partial charge on any atom is 0.0632 e. The molecule has 1 heterocycles. The largest absolute Gasteiger partial charge is 0.314 e. The Morgan fingerprint density at radius 1 is 1.40 bits per heavy atom. The Balaban J connectivity index is 1.57. The second-order valence-electron chi connectivity index (χ2n) is 4.73. The summed E-state index contributed by atoms with van der Waals surface area (Å²) in [4.78, 5) is 0. The van der Waals surface area contributed by atoms with Crippen molar-refractivity contribution >= 4 is 15.9 Å². The molecular weight excluding hydrogens is 254 g/mol. The van der Waals surface area contributed by atoms with Gasteiger partial charge in [-0.1, -0.05) is 0 Å². The smallest absolute Gasteiger partial charge is 0.0632 e. The fourth-order valence-corrected chi connectivity index (χ4v) is 2.54. The molecule has 0 amide bonds. The number of rotatable bonds is 4. The van der Waals surface area contributed by atoms with Gasteiger partial charge >= 0.3 is 0 Å². The van der Waals surface area contributed by atoms with E-state index in [0.717, 1.165) is 16.4 Å². The van der Waals surface area contributed by atoms with Crippen molar-refractivity contribution in [2.45, 2.75) is 37.8 Å². The van der Waals surface area contributed by atoms with Gasteiger partial charge in [0.15, 0.2) is 0 Å². The van der Waals surface area contributed by atoms with Crippen LogP contribution in [0.2, 0.25) is 0 Å². The summed E-state index contributed by atoms with van der Waals surface area (Å²) >= 11 is 3.45. The first-order valence-corrected chi connectivity index (χ1v) is 6.55. The van der Waals surface area contributed by atoms with Crippen LogP contribution >= 0.6 is 15.9 Å². The van der Waals surface area contributed by atoms with Crippen LogP contribution in [0.4, 0.5) is 0 Å². The second kappa shape index (κ2) is 3.91. The molecule has 3 nitrogen and oxygen atoms in total. The standard InChI is InChI=1S/C11H16BrN3/c12-9-6-14-15(7-9)11-4-1-8(11)5-13-10-2-3-10/h6-8,10-11,13H,1-5H2. The van der Waals surface area contributed by atoms with E-state index in [1.54, 1.807) is 0 Å². The van der Waals surface area contributed by atoms with Crippen molar-refractivity contribution in [2.75, 3.05) is 6.54 Å². The molecule has 15 heavy (non-hydrogen) atoms. The van der Waals surface area contributed by atoms with Gasteiger partial charge in [0.05, 0.1) is 16.7 Å². The van der Waals surface area contributed by atoms with Crippen LogP contribution in [0, 0.1) is 5.92 Å². The van der Waals surface area contributed by atoms with E-state index in [0.29, 0.717) is 6.04 Å². The van der Waals surface area contributed by atoms with E-state index >= 15 is 0 Å². The Labute approximate surface area is 98.4 Å². The van der Waals surface area contributed by atoms with Gasteiger partial charge in [0.2, 0.25) is 0 Å². The molecule has 82 valence electrons. The molecule has 2 saturated carbocycles. The van der Waals surface area contributed by atoms with Gasteiger partial charge < -0.3 is 5.32 Å². The zero-order chi connectivity index (χ0) is 10.3. The minimum absolute atomic E-state index is 0.627. The summed E-state index contributed by atoms with van der Waals surface area (Å²) in [6, 6.07) is 1.46. The lowest BCUT2D eigenvalue weighted by atomic mass is 9.79. The molecule has 2 aliphatic rings. The highest BCUT2D eigenvalue weighted by Gasteiger charge is 2.34. The van der Waals surface area contributed by atoms with Gasteiger partial charge in [-0.05, 0) is 47.5 Å². The van der Waals surface area contributed by atoms with Crippen LogP contribution in [0.25, 0.3) is 0 Å². The van der Waals surface area contributed by atoms with Crippen LogP contribution in [-0.2, 0) is 0 Å². The zero-order valence-electron chi connectivity index (χ0n) is 8.69. The molecule has 1 aromatic heterocycles. The molecule has 0 bridgehead atoms. The predicted octanol–water partition coefficient (Wildman–Crippen LogP) is 2.35. The van der Waals surface area contributed by atoms with Crippen molar-refractivity contribution in [3.63, 3.8) is 0 Å². The molecule has 2 atom stereocenters. The maximum atomic E-state index is 4.37. The van der Waals surface area contributed by atoms with Gasteiger partial charge in [0.1, 0.15) is 0 Å². The summed E-state index contributed by atoms with van der Waals surface area (Å²) in [7, 11) is 0. The normalized spacial score (nSPS) is 30.2. The summed E-state index contributed by atoms with van der Waals surface area (Å²) in [5, 5.41) is 7.99. The molecule has 0 radical (unpaired) electrons. The summed E-state index contributed by atoms with van der Waals surface area (Å²) in [5.74, 6) is 0.789. The summed E-state index contributed by atoms with van der Waals surface area (Å²) < 4.78 is 3.20. The van der Waals surface area contributed by atoms with E-state index in [1.165, 1.54) is 32.2 Å². The van der Waals surface area contributed by atoms with Crippen molar-refractivity contribution in [1.29, 1.82) is 0 Å². The third-order valence-electron chi connectivity index (χ3n) is 3.53. The highest BCUT2D eigenvalue weighted by Crippen LogP contribution is 2.38. The third-order valence-corrected chi connectivity index (χ3v) is 3.94. The van der Waals surface area contributed by atoms with Gasteiger partial charge in [0, 0.05) is 18.8 Å². The number of halogens is 1. The first-order chi connectivity index (χ1) is 7.33. The molecule has 0 aromatic carbocycles. The van der Waals surface area contributed by atoms with Gasteiger partial charge in [-0.25, -0.2) is 0 Å². The first-order valence-electron chi connectivity index (χ1n) is 5.76. The molecule has 0 aliphatic heterocycles. The van der Waals surface area contributed by atoms with Crippen LogP contribution in [0.5, 0.6) is 0 Å². The Kier molecular flexibility index (Phi) is 2.56. The average Bonchev–Trinajstić information content (AvgIpc) is 2.89. The molecule has 2 fully saturated rings. The zero-order valence-corrected chi connectivity index (χ0v) is 10.3. The minimum atomic E-state index is 0.627. The summed E-state index contributed by atoms with van der Waals surface area (Å²) in [6.07, 6.45) is 9.36. The highest BCUT2D eigenvalue weighted by atomic mass is 79.9. The van der Waals surface area contributed by atoms with Crippen LogP contribution in [0.3, 0.4) is 0 Å². The topological polar surface area (TPSA) is 29.9 Å². The molecule has 1 N–H and O–H groups in total. The van der Waals surface area contributed by atoms with Gasteiger partial charge in [-0.2, -0.15) is 5.10 Å². The van der Waals surface area contributed by atoms with Crippen molar-refractivity contribution in [3.05, 3.63) is 16.9 Å². The van der Waals surface area contributed by atoms with E-state index in [2.05, 4.69) is 37.2 Å². The molecule has 2 unspecified atom stereocenters. The molecule has 1 aromatic rings. The fourth-order valence-electron chi connectivity index (χ4n) is 2.24. The first kappa shape index (κ1) is 9.85. The lowest BCUT2D eigenvalue weighted by Crippen LogP contribution is -2.37. The van der Waals surface area contributed by atoms with Crippen LogP contribution in [0.15, 0.2) is 16.9 Å². The van der Waals surface area contributed by atoms with Gasteiger partial charge in [0.25, 0.3) is 0 Å². The van der Waals surface area contributed by atoms with E-state index in [1.807, 2.05) is 6.20 Å². The Morgan fingerprint density at radius 2 is 2.27 bits per heavy atom. The minimum Gasteiger partial charge on any atom is -0.314 e. The third kappa shape index (κ3) is 2.11. The van der Waals surface area contributed by atoms with Crippen molar-refractivity contribution in [2.24, 2.45) is 5.92 Å². The van der Waals surface area contributed by atoms with E-state index in [4.69, 9.17) is 0 Å². The molecule has 0 spiro atoms. The molecule has 3 rings (SSSR count). The number of hydrogen-bond donors (Lipinski definition) is 1. The molecular formula is C11H16BrN3. The van der Waals surface area contributed by atoms with Crippen molar-refractivity contribution in [1.82, 2.24) is 15.1 Å². The average molecular weight is 270 g/mol. The van der Waals surface area contributed by atoms with Crippen LogP contribution in [-0.4, -0.2) is 22.4 Å². The summed E-state index contributed by atoms with van der Waals surface area (Å²) in [5.41, 5.74) is 0. The van der Waals surface area contributed by atoms with E-state index in [-0.39, 0.29) is 0 Å². The van der Waals surface area contributed by atoms with Crippen LogP contribution in [0.1, 0.15) is 31.7 Å². The molecule has 0 saturated heterocycles. The van der Waals surface area contributed by atoms with E-state index < -0.39 is 0 Å². The van der Waals surface area contributed by atoms with Gasteiger partial charge in [-0.3, -0.25) is 4.68 Å². The van der Waals surface area contributed by atoms with Crippen molar-refractivity contribution in [3.8, 4) is 0 Å². The fraction of sp³-hybridized carbons (Fsp3) is 0.727. The Hall–Kier alpha value is -0.350. The van der Waals surface area contributed by atoms with Gasteiger partial charge in [-0.15, -0.1) is 0 Å². The quantitative estimate of drug-likeness (QED) is 0.910. The lowest BCUT2D eigenvalue weighted by Gasteiger charge is -2.37. The maximum absolute atomic E-state index is 4.37. The molecule has 4 heteroatoms. The number of nitrogens with zero attached hydrogens (tertiary/aromatic N) is 2. The van der Waals surface area contributed by atoms with Crippen LogP contribution < -0.4 is 5.32 Å². The SMILES string of the molecule is Brc1cnn(C2CCC2CNC2CC2)c1. The Morgan fingerprint density at radius 3 is 2.80 bits per heavy atom. The summed E-state index contributed by atoms with van der Waals surface area (Å²) in [6.45, 7) is 1.17.